The number of carbonyl (C=O) groups is 1. The quantitative estimate of drug-likeness (QED) is 0.162. The number of carbonyl (C=O) groups excluding carboxylic acids is 1. The average molecular weight is 591 g/mol. The molecule has 0 atom stereocenters. The minimum atomic E-state index is -0.136. The predicted octanol–water partition coefficient (Wildman–Crippen LogP) is 6.60. The Balaban J connectivity index is 0.00000188. The molecule has 1 amide bonds. The maximum absolute atomic E-state index is 13.0. The molecule has 3 heterocycles. The molecule has 10 nitrogen and oxygen atoms in total. The van der Waals surface area contributed by atoms with E-state index in [0.29, 0.717) is 24.3 Å². The first-order valence-corrected chi connectivity index (χ1v) is 15.2. The minimum absolute atomic E-state index is 0.0465. The normalized spacial score (nSPS) is 10.9. The van der Waals surface area contributed by atoms with Crippen LogP contribution in [0.15, 0.2) is 77.4 Å². The highest BCUT2D eigenvalue weighted by atomic mass is 16.6. The molecule has 10 heteroatoms. The van der Waals surface area contributed by atoms with Crippen molar-refractivity contribution >= 4 is 33.7 Å². The lowest BCUT2D eigenvalue weighted by molar-refractivity contribution is -0.121. The highest BCUT2D eigenvalue weighted by Gasteiger charge is 2.22. The van der Waals surface area contributed by atoms with Gasteiger partial charge in [0, 0.05) is 24.2 Å². The van der Waals surface area contributed by atoms with Gasteiger partial charge in [-0.15, -0.1) is 10.2 Å². The van der Waals surface area contributed by atoms with Crippen LogP contribution in [0.4, 0.5) is 5.69 Å². The average Bonchev–Trinajstić information content (AvgIpc) is 3.71. The second kappa shape index (κ2) is 14.4. The second-order valence-electron chi connectivity index (χ2n) is 10.2. The Hall–Kier alpha value is -5.12. The van der Waals surface area contributed by atoms with Crippen LogP contribution in [0.2, 0.25) is 0 Å². The van der Waals surface area contributed by atoms with Crippen LogP contribution in [0, 0.1) is 6.92 Å². The third kappa shape index (κ3) is 6.44. The van der Waals surface area contributed by atoms with Crippen molar-refractivity contribution < 1.29 is 9.42 Å². The summed E-state index contributed by atoms with van der Waals surface area (Å²) in [4.78, 5) is 13.0. The van der Waals surface area contributed by atoms with Crippen molar-refractivity contribution in [1.82, 2.24) is 35.6 Å². The van der Waals surface area contributed by atoms with E-state index in [1.54, 1.807) is 4.68 Å². The molecule has 0 fully saturated rings. The zero-order valence-corrected chi connectivity index (χ0v) is 25.7. The molecule has 2 N–H and O–H groups in total. The summed E-state index contributed by atoms with van der Waals surface area (Å²) in [6.07, 6.45) is 2.48. The molecular formula is C34H38N8O2. The summed E-state index contributed by atoms with van der Waals surface area (Å²) in [6, 6.07) is 24.1. The van der Waals surface area contributed by atoms with E-state index < -0.39 is 0 Å². The zero-order valence-electron chi connectivity index (χ0n) is 25.7. The number of anilines is 1. The van der Waals surface area contributed by atoms with E-state index in [-0.39, 0.29) is 12.5 Å². The van der Waals surface area contributed by atoms with E-state index in [4.69, 9.17) is 9.73 Å². The fraction of sp³-hybridized carbons (Fsp3) is 0.294. The van der Waals surface area contributed by atoms with Crippen molar-refractivity contribution in [3.63, 3.8) is 0 Å². The Bertz CT molecular complexity index is 1830. The van der Waals surface area contributed by atoms with Crippen LogP contribution in [0.25, 0.3) is 44.6 Å². The van der Waals surface area contributed by atoms with Crippen LogP contribution in [-0.2, 0) is 17.8 Å². The Morgan fingerprint density at radius 2 is 1.52 bits per heavy atom. The maximum atomic E-state index is 13.0. The van der Waals surface area contributed by atoms with Gasteiger partial charge in [-0.2, -0.15) is 5.10 Å². The smallest absolute Gasteiger partial charge is 0.241 e. The fourth-order valence-electron chi connectivity index (χ4n) is 5.20. The number of fused-ring (bicyclic) bond motifs is 2. The van der Waals surface area contributed by atoms with Gasteiger partial charge in [0.25, 0.3) is 0 Å². The van der Waals surface area contributed by atoms with Gasteiger partial charge in [0.1, 0.15) is 17.8 Å². The molecule has 6 aromatic rings. The number of hydrogen-bond donors (Lipinski definition) is 2. The van der Waals surface area contributed by atoms with E-state index >= 15 is 0 Å². The molecule has 0 bridgehead atoms. The number of rotatable bonds is 11. The molecule has 3 aromatic carbocycles. The lowest BCUT2D eigenvalue weighted by atomic mass is 9.97. The van der Waals surface area contributed by atoms with Gasteiger partial charge in [-0.25, -0.2) is 9.31 Å². The Morgan fingerprint density at radius 1 is 0.841 bits per heavy atom. The molecule has 0 saturated carbocycles. The molecule has 0 radical (unpaired) electrons. The van der Waals surface area contributed by atoms with Crippen LogP contribution in [-0.4, -0.2) is 49.3 Å². The van der Waals surface area contributed by atoms with Gasteiger partial charge in [0.2, 0.25) is 5.91 Å². The predicted molar refractivity (Wildman–Crippen MR) is 174 cm³/mol. The third-order valence-electron chi connectivity index (χ3n) is 7.25. The molecule has 3 aromatic heterocycles. The van der Waals surface area contributed by atoms with Gasteiger partial charge in [0.15, 0.2) is 11.2 Å². The summed E-state index contributed by atoms with van der Waals surface area (Å²) in [7, 11) is 0. The number of aryl methyl sites for hydroxylation is 2. The number of nitrogens with one attached hydrogen (secondary N) is 2. The van der Waals surface area contributed by atoms with Crippen molar-refractivity contribution in [3.05, 3.63) is 83.9 Å². The fourth-order valence-corrected chi connectivity index (χ4v) is 5.20. The number of nitrogens with zero attached hydrogens (tertiary/aromatic N) is 6. The van der Waals surface area contributed by atoms with Crippen molar-refractivity contribution in [2.45, 2.75) is 53.5 Å². The molecule has 0 unspecified atom stereocenters. The molecule has 0 saturated heterocycles. The molecule has 0 spiro atoms. The van der Waals surface area contributed by atoms with Gasteiger partial charge >= 0.3 is 0 Å². The van der Waals surface area contributed by atoms with Gasteiger partial charge < -0.3 is 10.6 Å². The van der Waals surface area contributed by atoms with Crippen molar-refractivity contribution in [3.8, 4) is 22.5 Å². The molecule has 6 rings (SSSR count). The van der Waals surface area contributed by atoms with E-state index in [9.17, 15) is 4.79 Å². The highest BCUT2D eigenvalue weighted by Crippen LogP contribution is 2.34. The largest absolute Gasteiger partial charge is 0.383 e. The standard InChI is InChI=1S/C32H32N8O2.C2H6/c1-3-11-24-27-30(23-14-8-5-9-15-23)37-40(32(27)36-35-29(24)22-12-6-4-7-13-22)20-26(41)34-19-10-18-33-25-17-16-21(2)28-31(25)39-42-38-28;1-2/h4-9,12-17,33H,3,10-11,18-20H2,1-2H3,(H,34,41);1-2H3. The lowest BCUT2D eigenvalue weighted by Gasteiger charge is -2.10. The summed E-state index contributed by atoms with van der Waals surface area (Å²) < 4.78 is 6.57. The number of hydrogen-bond acceptors (Lipinski definition) is 8. The highest BCUT2D eigenvalue weighted by molar-refractivity contribution is 5.97. The van der Waals surface area contributed by atoms with Gasteiger partial charge in [0.05, 0.1) is 16.8 Å². The van der Waals surface area contributed by atoms with E-state index in [1.165, 1.54) is 0 Å². The number of aromatic nitrogens is 6. The van der Waals surface area contributed by atoms with Crippen molar-refractivity contribution in [1.29, 1.82) is 0 Å². The van der Waals surface area contributed by atoms with Crippen LogP contribution >= 0.6 is 0 Å². The molecule has 0 aliphatic carbocycles. The first-order valence-electron chi connectivity index (χ1n) is 15.2. The summed E-state index contributed by atoms with van der Waals surface area (Å²) in [6.45, 7) is 9.33. The van der Waals surface area contributed by atoms with E-state index in [0.717, 1.165) is 69.5 Å². The van der Waals surface area contributed by atoms with Gasteiger partial charge in [-0.1, -0.05) is 93.9 Å². The van der Waals surface area contributed by atoms with Gasteiger partial charge in [-0.05, 0) is 47.3 Å². The monoisotopic (exact) mass is 590 g/mol. The SMILES string of the molecule is CC.CCCc1c(-c2ccccc2)nnc2c1c(-c1ccccc1)nn2CC(=O)NCCCNc1ccc(C)c2nonc12. The lowest BCUT2D eigenvalue weighted by Crippen LogP contribution is -2.29. The first-order chi connectivity index (χ1) is 21.6. The van der Waals surface area contributed by atoms with Crippen LogP contribution < -0.4 is 10.6 Å². The summed E-state index contributed by atoms with van der Waals surface area (Å²) in [5.41, 5.74) is 8.68. The van der Waals surface area contributed by atoms with Crippen molar-refractivity contribution in [2.75, 3.05) is 18.4 Å². The minimum Gasteiger partial charge on any atom is -0.383 e. The first kappa shape index (κ1) is 30.3. The summed E-state index contributed by atoms with van der Waals surface area (Å²) >= 11 is 0. The van der Waals surface area contributed by atoms with E-state index in [1.807, 2.05) is 93.6 Å². The number of amides is 1. The summed E-state index contributed by atoms with van der Waals surface area (Å²) in [5, 5.41) is 29.4. The van der Waals surface area contributed by atoms with Crippen LogP contribution in [0.3, 0.4) is 0 Å². The Labute approximate surface area is 256 Å². The summed E-state index contributed by atoms with van der Waals surface area (Å²) in [5.74, 6) is -0.136. The van der Waals surface area contributed by atoms with Crippen molar-refractivity contribution in [2.24, 2.45) is 0 Å². The van der Waals surface area contributed by atoms with Crippen LogP contribution in [0.1, 0.15) is 44.7 Å². The third-order valence-corrected chi connectivity index (χ3v) is 7.25. The van der Waals surface area contributed by atoms with Crippen LogP contribution in [0.5, 0.6) is 0 Å². The Kier molecular flexibility index (Phi) is 9.91. The molecular weight excluding hydrogens is 552 g/mol. The molecule has 0 aliphatic heterocycles. The maximum Gasteiger partial charge on any atom is 0.241 e. The second-order valence-corrected chi connectivity index (χ2v) is 10.2. The number of benzene rings is 3. The van der Waals surface area contributed by atoms with Gasteiger partial charge in [-0.3, -0.25) is 4.79 Å². The topological polar surface area (TPSA) is 124 Å². The molecule has 44 heavy (non-hydrogen) atoms. The van der Waals surface area contributed by atoms with E-state index in [2.05, 4.69) is 38.1 Å². The molecule has 226 valence electrons. The molecule has 0 aliphatic rings. The Morgan fingerprint density at radius 3 is 2.23 bits per heavy atom. The zero-order chi connectivity index (χ0) is 30.9.